The predicted molar refractivity (Wildman–Crippen MR) is 87.5 cm³/mol. The third-order valence-electron chi connectivity index (χ3n) is 4.86. The fourth-order valence-electron chi connectivity index (χ4n) is 3.08. The molecule has 0 N–H and O–H groups in total. The van der Waals surface area contributed by atoms with Crippen LogP contribution in [0.4, 0.5) is 0 Å². The van der Waals surface area contributed by atoms with E-state index in [-0.39, 0.29) is 5.41 Å². The van der Waals surface area contributed by atoms with Crippen LogP contribution >= 0.6 is 0 Å². The summed E-state index contributed by atoms with van der Waals surface area (Å²) in [5, 5.41) is 4.21. The predicted octanol–water partition coefficient (Wildman–Crippen LogP) is 4.20. The number of benzene rings is 1. The van der Waals surface area contributed by atoms with E-state index >= 15 is 0 Å². The van der Waals surface area contributed by atoms with Gasteiger partial charge in [-0.3, -0.25) is 0 Å². The molecular weight excluding hydrogens is 288 g/mol. The van der Waals surface area contributed by atoms with Gasteiger partial charge in [-0.05, 0) is 56.7 Å². The van der Waals surface area contributed by atoms with Crippen LogP contribution in [0.25, 0.3) is 0 Å². The Morgan fingerprint density at radius 2 is 2.04 bits per heavy atom. The van der Waals surface area contributed by atoms with E-state index in [1.54, 1.807) is 0 Å². The molecule has 2 fully saturated rings. The molecule has 2 aliphatic carbocycles. The van der Waals surface area contributed by atoms with Gasteiger partial charge in [0.25, 0.3) is 0 Å². The minimum absolute atomic E-state index is 0.0637. The van der Waals surface area contributed by atoms with Crippen LogP contribution in [0.15, 0.2) is 40.9 Å². The highest BCUT2D eigenvalue weighted by Gasteiger charge is 2.50. The third-order valence-corrected chi connectivity index (χ3v) is 4.86. The Balaban J connectivity index is 1.51. The molecule has 4 nitrogen and oxygen atoms in total. The molecule has 0 aliphatic heterocycles. The normalized spacial score (nSPS) is 19.2. The fraction of sp³-hybridized carbons (Fsp3) is 0.474. The molecule has 1 heterocycles. The van der Waals surface area contributed by atoms with Gasteiger partial charge in [0.15, 0.2) is 5.82 Å². The summed E-state index contributed by atoms with van der Waals surface area (Å²) in [6.45, 7) is 5.87. The fourth-order valence-corrected chi connectivity index (χ4v) is 3.08. The van der Waals surface area contributed by atoms with Crippen LogP contribution in [0.1, 0.15) is 56.3 Å². The zero-order chi connectivity index (χ0) is 15.9. The van der Waals surface area contributed by atoms with Crippen LogP contribution < -0.4 is 4.74 Å². The SMILES string of the molecule is C=C(C)Cc1nc(C2(c3ccc(OC4CCC4)cc3)CC2)no1. The molecule has 0 amide bonds. The minimum Gasteiger partial charge on any atom is -0.490 e. The number of aromatic nitrogens is 2. The molecule has 0 unspecified atom stereocenters. The molecule has 1 aromatic carbocycles. The monoisotopic (exact) mass is 310 g/mol. The average molecular weight is 310 g/mol. The van der Waals surface area contributed by atoms with Crippen molar-refractivity contribution >= 4 is 0 Å². The molecule has 23 heavy (non-hydrogen) atoms. The number of allylic oxidation sites excluding steroid dienone is 1. The lowest BCUT2D eigenvalue weighted by Crippen LogP contribution is -2.24. The standard InChI is InChI=1S/C19H22N2O2/c1-13(2)12-17-20-18(21-23-17)19(10-11-19)14-6-8-16(9-7-14)22-15-4-3-5-15/h6-9,15H,1,3-5,10-12H2,2H3. The van der Waals surface area contributed by atoms with Crippen molar-refractivity contribution in [2.45, 2.75) is 57.0 Å². The van der Waals surface area contributed by atoms with Gasteiger partial charge in [-0.1, -0.05) is 29.4 Å². The van der Waals surface area contributed by atoms with E-state index in [1.165, 1.54) is 24.8 Å². The number of hydrogen-bond acceptors (Lipinski definition) is 4. The highest BCUT2D eigenvalue weighted by Crippen LogP contribution is 2.52. The second-order valence-electron chi connectivity index (χ2n) is 6.92. The second-order valence-corrected chi connectivity index (χ2v) is 6.92. The average Bonchev–Trinajstić information content (AvgIpc) is 3.17. The molecular formula is C19H22N2O2. The highest BCUT2D eigenvalue weighted by molar-refractivity contribution is 5.41. The Morgan fingerprint density at radius 3 is 2.61 bits per heavy atom. The van der Waals surface area contributed by atoms with Crippen molar-refractivity contribution in [3.63, 3.8) is 0 Å². The maximum absolute atomic E-state index is 5.93. The number of hydrogen-bond donors (Lipinski definition) is 0. The van der Waals surface area contributed by atoms with Gasteiger partial charge in [0.05, 0.1) is 11.5 Å². The molecule has 4 rings (SSSR count). The Kier molecular flexibility index (Phi) is 3.47. The first-order valence-corrected chi connectivity index (χ1v) is 8.40. The van der Waals surface area contributed by atoms with Crippen LogP contribution in [0.5, 0.6) is 5.75 Å². The summed E-state index contributed by atoms with van der Waals surface area (Å²) in [5.41, 5.74) is 2.22. The van der Waals surface area contributed by atoms with Crippen molar-refractivity contribution in [2.24, 2.45) is 0 Å². The Labute approximate surface area is 136 Å². The Hall–Kier alpha value is -2.10. The van der Waals surface area contributed by atoms with E-state index in [0.29, 0.717) is 18.4 Å². The first-order chi connectivity index (χ1) is 11.2. The van der Waals surface area contributed by atoms with E-state index in [0.717, 1.165) is 30.0 Å². The summed E-state index contributed by atoms with van der Waals surface area (Å²) in [5.74, 6) is 2.43. The number of rotatable bonds is 6. The van der Waals surface area contributed by atoms with Gasteiger partial charge in [0.1, 0.15) is 5.75 Å². The first-order valence-electron chi connectivity index (χ1n) is 8.40. The Bertz CT molecular complexity index is 709. The van der Waals surface area contributed by atoms with E-state index < -0.39 is 0 Å². The lowest BCUT2D eigenvalue weighted by Gasteiger charge is -2.26. The van der Waals surface area contributed by atoms with Crippen molar-refractivity contribution in [3.8, 4) is 5.75 Å². The first kappa shape index (κ1) is 14.5. The molecule has 2 aliphatic rings. The smallest absolute Gasteiger partial charge is 0.230 e. The minimum atomic E-state index is -0.0637. The topological polar surface area (TPSA) is 48.2 Å². The Morgan fingerprint density at radius 1 is 1.30 bits per heavy atom. The summed E-state index contributed by atoms with van der Waals surface area (Å²) in [7, 11) is 0. The van der Waals surface area contributed by atoms with E-state index in [2.05, 4.69) is 41.0 Å². The van der Waals surface area contributed by atoms with Gasteiger partial charge < -0.3 is 9.26 Å². The van der Waals surface area contributed by atoms with Crippen molar-refractivity contribution in [2.75, 3.05) is 0 Å². The highest BCUT2D eigenvalue weighted by atomic mass is 16.5. The second kappa shape index (κ2) is 5.52. The van der Waals surface area contributed by atoms with E-state index in [1.807, 2.05) is 6.92 Å². The van der Waals surface area contributed by atoms with Crippen molar-refractivity contribution in [3.05, 3.63) is 53.7 Å². The molecule has 0 bridgehead atoms. The van der Waals surface area contributed by atoms with Crippen molar-refractivity contribution in [1.29, 1.82) is 0 Å². The summed E-state index contributed by atoms with van der Waals surface area (Å²) < 4.78 is 11.3. The maximum atomic E-state index is 5.93. The lowest BCUT2D eigenvalue weighted by atomic mass is 9.94. The molecule has 2 aromatic rings. The third kappa shape index (κ3) is 2.78. The number of ether oxygens (including phenoxy) is 1. The largest absolute Gasteiger partial charge is 0.490 e. The van der Waals surface area contributed by atoms with Crippen LogP contribution in [0.2, 0.25) is 0 Å². The lowest BCUT2D eigenvalue weighted by molar-refractivity contribution is 0.120. The molecule has 1 aromatic heterocycles. The van der Waals surface area contributed by atoms with Crippen LogP contribution in [0, 0.1) is 0 Å². The van der Waals surface area contributed by atoms with Gasteiger partial charge in [0, 0.05) is 6.42 Å². The maximum Gasteiger partial charge on any atom is 0.230 e. The molecule has 0 spiro atoms. The zero-order valence-electron chi connectivity index (χ0n) is 13.5. The summed E-state index contributed by atoms with van der Waals surface area (Å²) in [6, 6.07) is 8.44. The molecule has 0 saturated heterocycles. The quantitative estimate of drug-likeness (QED) is 0.750. The van der Waals surface area contributed by atoms with Crippen molar-refractivity contribution < 1.29 is 9.26 Å². The molecule has 0 radical (unpaired) electrons. The van der Waals surface area contributed by atoms with Gasteiger partial charge in [0.2, 0.25) is 5.89 Å². The van der Waals surface area contributed by atoms with Crippen LogP contribution in [-0.4, -0.2) is 16.2 Å². The summed E-state index contributed by atoms with van der Waals surface area (Å²) in [4.78, 5) is 4.58. The molecule has 0 atom stereocenters. The van der Waals surface area contributed by atoms with Crippen LogP contribution in [0.3, 0.4) is 0 Å². The van der Waals surface area contributed by atoms with Gasteiger partial charge in [-0.25, -0.2) is 0 Å². The zero-order valence-corrected chi connectivity index (χ0v) is 13.5. The van der Waals surface area contributed by atoms with Gasteiger partial charge >= 0.3 is 0 Å². The van der Waals surface area contributed by atoms with Gasteiger partial charge in [-0.2, -0.15) is 4.98 Å². The van der Waals surface area contributed by atoms with E-state index in [9.17, 15) is 0 Å². The molecule has 4 heteroatoms. The van der Waals surface area contributed by atoms with Gasteiger partial charge in [-0.15, -0.1) is 0 Å². The summed E-state index contributed by atoms with van der Waals surface area (Å²) >= 11 is 0. The van der Waals surface area contributed by atoms with Crippen LogP contribution in [-0.2, 0) is 11.8 Å². The molecule has 120 valence electrons. The summed E-state index contributed by atoms with van der Waals surface area (Å²) in [6.07, 6.45) is 6.86. The van der Waals surface area contributed by atoms with E-state index in [4.69, 9.17) is 9.26 Å². The van der Waals surface area contributed by atoms with Crippen molar-refractivity contribution in [1.82, 2.24) is 10.1 Å². The number of nitrogens with zero attached hydrogens (tertiary/aromatic N) is 2. The molecule has 2 saturated carbocycles.